The smallest absolute Gasteiger partial charge is 0.320 e. The molecule has 0 saturated carbocycles. The fourth-order valence-electron chi connectivity index (χ4n) is 0.997. The van der Waals surface area contributed by atoms with Crippen LogP contribution in [-0.2, 0) is 4.79 Å². The van der Waals surface area contributed by atoms with Crippen molar-refractivity contribution in [2.24, 2.45) is 5.92 Å². The SMILES string of the molecule is [CH2+][C@@H]1CN[C@H](C(=O)O)C1. The highest BCUT2D eigenvalue weighted by atomic mass is 16.4. The molecule has 0 amide bonds. The summed E-state index contributed by atoms with van der Waals surface area (Å²) in [4.78, 5) is 10.3. The third-order valence-electron chi connectivity index (χ3n) is 1.52. The van der Waals surface area contributed by atoms with Crippen molar-refractivity contribution in [2.75, 3.05) is 6.54 Å². The molecule has 2 N–H and O–H groups in total. The van der Waals surface area contributed by atoms with Crippen molar-refractivity contribution < 1.29 is 9.90 Å². The van der Waals surface area contributed by atoms with Gasteiger partial charge < -0.3 is 5.11 Å². The van der Waals surface area contributed by atoms with E-state index in [-0.39, 0.29) is 12.0 Å². The highest BCUT2D eigenvalue weighted by Crippen LogP contribution is 2.11. The van der Waals surface area contributed by atoms with E-state index in [2.05, 4.69) is 12.2 Å². The maximum Gasteiger partial charge on any atom is 0.320 e. The zero-order chi connectivity index (χ0) is 6.85. The molecule has 1 saturated heterocycles. The fourth-order valence-corrected chi connectivity index (χ4v) is 0.997. The van der Waals surface area contributed by atoms with Crippen LogP contribution in [-0.4, -0.2) is 23.7 Å². The van der Waals surface area contributed by atoms with Crippen molar-refractivity contribution in [3.05, 3.63) is 6.92 Å². The number of carbonyl (C=O) groups is 1. The van der Waals surface area contributed by atoms with E-state index in [1.54, 1.807) is 0 Å². The van der Waals surface area contributed by atoms with Gasteiger partial charge in [0.1, 0.15) is 12.0 Å². The summed E-state index contributed by atoms with van der Waals surface area (Å²) in [5.74, 6) is -0.493. The minimum Gasteiger partial charge on any atom is -0.480 e. The zero-order valence-electron chi connectivity index (χ0n) is 5.13. The molecule has 0 aliphatic carbocycles. The number of hydrogen-bond acceptors (Lipinski definition) is 2. The number of carboxylic acid groups (broad SMARTS) is 1. The minimum absolute atomic E-state index is 0.270. The van der Waals surface area contributed by atoms with E-state index >= 15 is 0 Å². The second-order valence-electron chi connectivity index (χ2n) is 2.40. The maximum absolute atomic E-state index is 10.3. The van der Waals surface area contributed by atoms with Crippen molar-refractivity contribution in [1.29, 1.82) is 0 Å². The number of hydrogen-bond donors (Lipinski definition) is 2. The summed E-state index contributed by atoms with van der Waals surface area (Å²) in [5.41, 5.74) is 0. The van der Waals surface area contributed by atoms with E-state index in [9.17, 15) is 4.79 Å². The average molecular weight is 128 g/mol. The maximum atomic E-state index is 10.3. The van der Waals surface area contributed by atoms with Crippen molar-refractivity contribution in [1.82, 2.24) is 5.32 Å². The Labute approximate surface area is 54.1 Å². The van der Waals surface area contributed by atoms with Crippen molar-refractivity contribution >= 4 is 5.97 Å². The van der Waals surface area contributed by atoms with Crippen molar-refractivity contribution in [3.8, 4) is 0 Å². The molecule has 3 nitrogen and oxygen atoms in total. The van der Waals surface area contributed by atoms with Gasteiger partial charge in [0.25, 0.3) is 0 Å². The van der Waals surface area contributed by atoms with Crippen LogP contribution in [0.5, 0.6) is 0 Å². The highest BCUT2D eigenvalue weighted by Gasteiger charge is 2.29. The Kier molecular flexibility index (Phi) is 1.62. The van der Waals surface area contributed by atoms with Crippen LogP contribution in [0, 0.1) is 12.8 Å². The molecule has 0 unspecified atom stereocenters. The van der Waals surface area contributed by atoms with Gasteiger partial charge in [0, 0.05) is 13.0 Å². The van der Waals surface area contributed by atoms with E-state index in [1.807, 2.05) is 0 Å². The first-order valence-electron chi connectivity index (χ1n) is 2.99. The zero-order valence-corrected chi connectivity index (χ0v) is 5.13. The summed E-state index contributed by atoms with van der Waals surface area (Å²) < 4.78 is 0. The molecule has 1 aliphatic rings. The van der Waals surface area contributed by atoms with Gasteiger partial charge in [-0.15, -0.1) is 0 Å². The molecular formula is C6H10NO2+. The summed E-state index contributed by atoms with van der Waals surface area (Å²) >= 11 is 0. The van der Waals surface area contributed by atoms with Gasteiger partial charge in [-0.3, -0.25) is 10.1 Å². The molecule has 3 heteroatoms. The predicted molar refractivity (Wildman–Crippen MR) is 32.9 cm³/mol. The van der Waals surface area contributed by atoms with Gasteiger partial charge in [0.15, 0.2) is 0 Å². The Bertz CT molecular complexity index is 124. The lowest BCUT2D eigenvalue weighted by molar-refractivity contribution is -0.139. The van der Waals surface area contributed by atoms with Gasteiger partial charge in [-0.2, -0.15) is 0 Å². The van der Waals surface area contributed by atoms with E-state index in [4.69, 9.17) is 5.11 Å². The number of nitrogens with one attached hydrogen (secondary N) is 1. The van der Waals surface area contributed by atoms with Gasteiger partial charge >= 0.3 is 5.97 Å². The lowest BCUT2D eigenvalue weighted by Gasteiger charge is -1.98. The standard InChI is InChI=1S/C6H9NO2/c1-4-2-5(6(8)9)7-3-4/h4-5,7H,1-3H2/p+1/t4-,5-/m0/s1. The molecule has 9 heavy (non-hydrogen) atoms. The average Bonchev–Trinajstić information content (AvgIpc) is 2.14. The lowest BCUT2D eigenvalue weighted by atomic mass is 10.1. The summed E-state index contributed by atoms with van der Waals surface area (Å²) in [5, 5.41) is 11.3. The van der Waals surface area contributed by atoms with Crippen LogP contribution >= 0.6 is 0 Å². The van der Waals surface area contributed by atoms with E-state index in [0.717, 1.165) is 6.54 Å². The molecule has 0 bridgehead atoms. The number of aliphatic carboxylic acids is 1. The molecule has 1 fully saturated rings. The van der Waals surface area contributed by atoms with Gasteiger partial charge in [-0.25, -0.2) is 0 Å². The monoisotopic (exact) mass is 128 g/mol. The van der Waals surface area contributed by atoms with E-state index < -0.39 is 5.97 Å². The van der Waals surface area contributed by atoms with Gasteiger partial charge in [-0.1, -0.05) is 0 Å². The molecule has 0 aromatic rings. The second kappa shape index (κ2) is 2.27. The first-order chi connectivity index (χ1) is 4.20. The third kappa shape index (κ3) is 1.36. The van der Waals surface area contributed by atoms with Crippen LogP contribution < -0.4 is 5.32 Å². The third-order valence-corrected chi connectivity index (χ3v) is 1.52. The molecule has 1 rings (SSSR count). The molecular weight excluding hydrogens is 118 g/mol. The summed E-state index contributed by atoms with van der Waals surface area (Å²) in [6, 6.07) is -0.354. The summed E-state index contributed by atoms with van der Waals surface area (Å²) in [6.45, 7) is 4.48. The fraction of sp³-hybridized carbons (Fsp3) is 0.667. The number of carboxylic acids is 1. The molecule has 50 valence electrons. The topological polar surface area (TPSA) is 49.3 Å². The number of rotatable bonds is 1. The molecule has 1 heterocycles. The second-order valence-corrected chi connectivity index (χ2v) is 2.40. The molecule has 0 aromatic heterocycles. The molecule has 0 aromatic carbocycles. The minimum atomic E-state index is -0.763. The van der Waals surface area contributed by atoms with Crippen LogP contribution in [0.1, 0.15) is 6.42 Å². The predicted octanol–water partition coefficient (Wildman–Crippen LogP) is -0.117. The van der Waals surface area contributed by atoms with Crippen molar-refractivity contribution in [3.63, 3.8) is 0 Å². The Morgan fingerprint density at radius 3 is 2.67 bits per heavy atom. The Morgan fingerprint density at radius 2 is 2.44 bits per heavy atom. The van der Waals surface area contributed by atoms with Gasteiger partial charge in [-0.05, 0) is 0 Å². The highest BCUT2D eigenvalue weighted by molar-refractivity contribution is 5.73. The van der Waals surface area contributed by atoms with Crippen LogP contribution in [0.3, 0.4) is 0 Å². The lowest BCUT2D eigenvalue weighted by Crippen LogP contribution is -2.29. The van der Waals surface area contributed by atoms with Gasteiger partial charge in [0.05, 0.1) is 6.92 Å². The molecule has 1 aliphatic heterocycles. The largest absolute Gasteiger partial charge is 0.480 e. The molecule has 2 atom stereocenters. The Hall–Kier alpha value is -0.700. The first kappa shape index (κ1) is 6.42. The van der Waals surface area contributed by atoms with Crippen LogP contribution in [0.25, 0.3) is 0 Å². The molecule has 0 spiro atoms. The van der Waals surface area contributed by atoms with Crippen LogP contribution in [0.15, 0.2) is 0 Å². The summed E-state index contributed by atoms with van der Waals surface area (Å²) in [7, 11) is 0. The van der Waals surface area contributed by atoms with Gasteiger partial charge in [0.2, 0.25) is 0 Å². The summed E-state index contributed by atoms with van der Waals surface area (Å²) in [6.07, 6.45) is 0.662. The Morgan fingerprint density at radius 1 is 1.78 bits per heavy atom. The van der Waals surface area contributed by atoms with E-state index in [1.165, 1.54) is 0 Å². The van der Waals surface area contributed by atoms with E-state index in [0.29, 0.717) is 6.42 Å². The van der Waals surface area contributed by atoms with Crippen LogP contribution in [0.4, 0.5) is 0 Å². The quantitative estimate of drug-likeness (QED) is 0.484. The normalized spacial score (nSPS) is 34.7. The first-order valence-corrected chi connectivity index (χ1v) is 2.99. The van der Waals surface area contributed by atoms with Crippen LogP contribution in [0.2, 0.25) is 0 Å². The van der Waals surface area contributed by atoms with Crippen molar-refractivity contribution in [2.45, 2.75) is 12.5 Å². The Balaban J connectivity index is 2.39. The molecule has 0 radical (unpaired) electrons.